The molecule has 162 valence electrons. The van der Waals surface area contributed by atoms with Gasteiger partial charge >= 0.3 is 0 Å². The number of hydrogen-bond acceptors (Lipinski definition) is 5. The first-order valence-electron chi connectivity index (χ1n) is 9.99. The monoisotopic (exact) mass is 412 g/mol. The molecular formula is C25H32O5. The van der Waals surface area contributed by atoms with E-state index in [0.717, 1.165) is 22.3 Å². The highest BCUT2D eigenvalue weighted by Gasteiger charge is 2.35. The average molecular weight is 413 g/mol. The van der Waals surface area contributed by atoms with Crippen LogP contribution in [0.3, 0.4) is 0 Å². The van der Waals surface area contributed by atoms with Gasteiger partial charge in [0.2, 0.25) is 0 Å². The number of aliphatic hydroxyl groups is 1. The molecule has 0 aromatic heterocycles. The molecule has 0 unspecified atom stereocenters. The second-order valence-electron chi connectivity index (χ2n) is 6.94. The highest BCUT2D eigenvalue weighted by atomic mass is 16.7. The summed E-state index contributed by atoms with van der Waals surface area (Å²) in [6.07, 6.45) is 4.79. The minimum absolute atomic E-state index is 0.0653. The van der Waals surface area contributed by atoms with Gasteiger partial charge in [0.05, 0.1) is 5.60 Å². The van der Waals surface area contributed by atoms with Crippen LogP contribution in [-0.4, -0.2) is 32.9 Å². The summed E-state index contributed by atoms with van der Waals surface area (Å²) in [4.78, 5) is 0. The van der Waals surface area contributed by atoms with E-state index >= 15 is 0 Å². The molecule has 1 N–H and O–H groups in total. The smallest absolute Gasteiger partial charge is 0.188 e. The van der Waals surface area contributed by atoms with Crippen molar-refractivity contribution < 1.29 is 24.1 Å². The molecule has 30 heavy (non-hydrogen) atoms. The summed E-state index contributed by atoms with van der Waals surface area (Å²) in [5.41, 5.74) is 2.15. The molecule has 0 bridgehead atoms. The summed E-state index contributed by atoms with van der Waals surface area (Å²) < 4.78 is 22.1. The molecule has 0 saturated carbocycles. The van der Waals surface area contributed by atoms with E-state index in [9.17, 15) is 5.11 Å². The zero-order valence-corrected chi connectivity index (χ0v) is 18.1. The summed E-state index contributed by atoms with van der Waals surface area (Å²) in [6, 6.07) is 11.7. The Kier molecular flexibility index (Phi) is 9.12. The minimum atomic E-state index is -1.22. The Bertz CT molecular complexity index is 819. The minimum Gasteiger partial charge on any atom is -0.467 e. The van der Waals surface area contributed by atoms with Crippen LogP contribution < -0.4 is 9.47 Å². The highest BCUT2D eigenvalue weighted by molar-refractivity contribution is 5.78. The Hall–Kier alpha value is -2.60. The van der Waals surface area contributed by atoms with Crippen LogP contribution in [0.1, 0.15) is 30.9 Å². The van der Waals surface area contributed by atoms with E-state index in [1.807, 2.05) is 43.3 Å². The van der Waals surface area contributed by atoms with Crippen LogP contribution >= 0.6 is 0 Å². The van der Waals surface area contributed by atoms with Crippen molar-refractivity contribution in [2.24, 2.45) is 0 Å². The summed E-state index contributed by atoms with van der Waals surface area (Å²) in [7, 11) is 3.14. The molecule has 0 aliphatic heterocycles. The van der Waals surface area contributed by atoms with E-state index in [2.05, 4.69) is 13.2 Å². The van der Waals surface area contributed by atoms with Crippen LogP contribution in [0, 0.1) is 0 Å². The SMILES string of the molecule is C=CCC(O)(CC=C)c1c(CC)c(OCOC)cc(OCOC)c1-c1ccccc1. The van der Waals surface area contributed by atoms with Gasteiger partial charge in [-0.3, -0.25) is 0 Å². The molecule has 0 aliphatic carbocycles. The lowest BCUT2D eigenvalue weighted by atomic mass is 9.78. The van der Waals surface area contributed by atoms with E-state index in [1.165, 1.54) is 0 Å². The van der Waals surface area contributed by atoms with Crippen LogP contribution in [-0.2, 0) is 21.5 Å². The molecule has 2 aromatic carbocycles. The van der Waals surface area contributed by atoms with Gasteiger partial charge in [0.25, 0.3) is 0 Å². The third-order valence-electron chi connectivity index (χ3n) is 4.87. The number of hydrogen-bond donors (Lipinski definition) is 1. The van der Waals surface area contributed by atoms with E-state index in [-0.39, 0.29) is 13.6 Å². The standard InChI is InChI=1S/C25H32O5/c1-6-14-25(26,15-7-2)24-20(8-3)21(29-17-27-4)16-22(30-18-28-5)23(24)19-12-10-9-11-13-19/h6-7,9-13,16,26H,1-2,8,14-15,17-18H2,3-5H3. The van der Waals surface area contributed by atoms with Crippen molar-refractivity contribution in [2.45, 2.75) is 31.8 Å². The van der Waals surface area contributed by atoms with Gasteiger partial charge in [0, 0.05) is 37.0 Å². The van der Waals surface area contributed by atoms with Crippen molar-refractivity contribution in [3.05, 3.63) is 72.8 Å². The predicted molar refractivity (Wildman–Crippen MR) is 120 cm³/mol. The normalized spacial score (nSPS) is 11.2. The maximum absolute atomic E-state index is 11.8. The molecule has 0 amide bonds. The van der Waals surface area contributed by atoms with Crippen molar-refractivity contribution in [2.75, 3.05) is 27.8 Å². The third-order valence-corrected chi connectivity index (χ3v) is 4.87. The van der Waals surface area contributed by atoms with Crippen LogP contribution in [0.5, 0.6) is 11.5 Å². The molecule has 5 nitrogen and oxygen atoms in total. The Labute approximate surface area is 179 Å². The summed E-state index contributed by atoms with van der Waals surface area (Å²) in [5, 5.41) is 11.8. The Morgan fingerprint density at radius 1 is 0.933 bits per heavy atom. The molecule has 0 atom stereocenters. The van der Waals surface area contributed by atoms with Crippen molar-refractivity contribution in [3.8, 4) is 22.6 Å². The predicted octanol–water partition coefficient (Wildman–Crippen LogP) is 5.22. The van der Waals surface area contributed by atoms with Crippen LogP contribution in [0.4, 0.5) is 0 Å². The van der Waals surface area contributed by atoms with E-state index in [4.69, 9.17) is 18.9 Å². The van der Waals surface area contributed by atoms with Crippen molar-refractivity contribution in [1.29, 1.82) is 0 Å². The van der Waals surface area contributed by atoms with E-state index < -0.39 is 5.60 Å². The Morgan fingerprint density at radius 3 is 2.00 bits per heavy atom. The van der Waals surface area contributed by atoms with Gasteiger partial charge in [-0.1, -0.05) is 49.4 Å². The summed E-state index contributed by atoms with van der Waals surface area (Å²) in [6.45, 7) is 9.90. The molecule has 0 saturated heterocycles. The zero-order chi connectivity index (χ0) is 22.0. The number of benzene rings is 2. The van der Waals surface area contributed by atoms with E-state index in [0.29, 0.717) is 30.8 Å². The topological polar surface area (TPSA) is 57.2 Å². The van der Waals surface area contributed by atoms with Crippen molar-refractivity contribution in [1.82, 2.24) is 0 Å². The first kappa shape index (κ1) is 23.7. The van der Waals surface area contributed by atoms with Crippen LogP contribution in [0.15, 0.2) is 61.7 Å². The highest BCUT2D eigenvalue weighted by Crippen LogP contribution is 2.47. The molecule has 2 aromatic rings. The fourth-order valence-electron chi connectivity index (χ4n) is 3.68. The van der Waals surface area contributed by atoms with Gasteiger partial charge in [-0.2, -0.15) is 0 Å². The average Bonchev–Trinajstić information content (AvgIpc) is 2.76. The fourth-order valence-corrected chi connectivity index (χ4v) is 3.68. The first-order chi connectivity index (χ1) is 14.6. The lowest BCUT2D eigenvalue weighted by Crippen LogP contribution is -2.28. The summed E-state index contributed by atoms with van der Waals surface area (Å²) in [5.74, 6) is 1.17. The molecular weight excluding hydrogens is 380 g/mol. The van der Waals surface area contributed by atoms with Crippen molar-refractivity contribution in [3.63, 3.8) is 0 Å². The molecule has 2 rings (SSSR count). The lowest BCUT2D eigenvalue weighted by molar-refractivity contribution is 0.0349. The number of ether oxygens (including phenoxy) is 4. The number of methoxy groups -OCH3 is 2. The van der Waals surface area contributed by atoms with Gasteiger partial charge in [0.15, 0.2) is 13.6 Å². The Morgan fingerprint density at radius 2 is 1.50 bits per heavy atom. The molecule has 0 fully saturated rings. The number of rotatable bonds is 13. The lowest BCUT2D eigenvalue weighted by Gasteiger charge is -2.33. The fraction of sp³-hybridized carbons (Fsp3) is 0.360. The molecule has 5 heteroatoms. The molecule has 0 spiro atoms. The molecule has 0 radical (unpaired) electrons. The van der Waals surface area contributed by atoms with Crippen LogP contribution in [0.25, 0.3) is 11.1 Å². The first-order valence-corrected chi connectivity index (χ1v) is 9.99. The maximum atomic E-state index is 11.8. The molecule has 0 aliphatic rings. The third kappa shape index (κ3) is 5.30. The van der Waals surface area contributed by atoms with Crippen molar-refractivity contribution >= 4 is 0 Å². The zero-order valence-electron chi connectivity index (χ0n) is 18.1. The molecule has 0 heterocycles. The second-order valence-corrected chi connectivity index (χ2v) is 6.94. The van der Waals surface area contributed by atoms with Gasteiger partial charge in [-0.25, -0.2) is 0 Å². The van der Waals surface area contributed by atoms with E-state index in [1.54, 1.807) is 26.4 Å². The maximum Gasteiger partial charge on any atom is 0.188 e. The summed E-state index contributed by atoms with van der Waals surface area (Å²) >= 11 is 0. The van der Waals surface area contributed by atoms with Gasteiger partial charge in [-0.05, 0) is 24.8 Å². The van der Waals surface area contributed by atoms with Gasteiger partial charge in [0.1, 0.15) is 11.5 Å². The van der Waals surface area contributed by atoms with Gasteiger partial charge < -0.3 is 24.1 Å². The largest absolute Gasteiger partial charge is 0.467 e. The van der Waals surface area contributed by atoms with Crippen LogP contribution in [0.2, 0.25) is 0 Å². The Balaban J connectivity index is 2.93. The second kappa shape index (κ2) is 11.6. The van der Waals surface area contributed by atoms with Gasteiger partial charge in [-0.15, -0.1) is 13.2 Å². The quantitative estimate of drug-likeness (QED) is 0.361.